The maximum Gasteiger partial charge on any atom is 0.333 e. The number of fused-ring (bicyclic) bond motifs is 1. The molecule has 0 saturated heterocycles. The molecule has 28 heavy (non-hydrogen) atoms. The van der Waals surface area contributed by atoms with Gasteiger partial charge in [-0.3, -0.25) is 9.78 Å². The Hall–Kier alpha value is -3.63. The standard InChI is InChI=1S/C17H13F2N7O2/c18-16(19)26-7-8(5-22-26)9-3-10(9)11-4-13(24-25-2-1-20-14(11)25)12-6-21-17(28)23-15(12)27/h1-2,4-7,9-10,16H,3H2,(H2,21,23,27,28)/t9-,10+/m1/s1. The molecule has 1 aliphatic rings. The van der Waals surface area contributed by atoms with E-state index in [0.717, 1.165) is 17.5 Å². The summed E-state index contributed by atoms with van der Waals surface area (Å²) in [6.07, 6.45) is 8.13. The Bertz CT molecular complexity index is 1300. The highest BCUT2D eigenvalue weighted by molar-refractivity contribution is 5.63. The lowest BCUT2D eigenvalue weighted by molar-refractivity contribution is 0.0565. The minimum Gasteiger partial charge on any atom is -0.313 e. The van der Waals surface area contributed by atoms with Crippen LogP contribution >= 0.6 is 0 Å². The number of rotatable bonds is 4. The predicted molar refractivity (Wildman–Crippen MR) is 93.2 cm³/mol. The molecule has 1 fully saturated rings. The van der Waals surface area contributed by atoms with Gasteiger partial charge in [0.1, 0.15) is 0 Å². The van der Waals surface area contributed by atoms with Crippen molar-refractivity contribution in [3.63, 3.8) is 0 Å². The minimum atomic E-state index is -2.68. The van der Waals surface area contributed by atoms with Crippen LogP contribution in [0.15, 0.2) is 46.6 Å². The molecule has 5 rings (SSSR count). The van der Waals surface area contributed by atoms with Gasteiger partial charge < -0.3 is 4.98 Å². The number of hydrogen-bond donors (Lipinski definition) is 2. The topological polar surface area (TPSA) is 114 Å². The van der Waals surface area contributed by atoms with Crippen molar-refractivity contribution in [1.82, 2.24) is 34.3 Å². The Kier molecular flexibility index (Phi) is 3.51. The van der Waals surface area contributed by atoms with Gasteiger partial charge in [-0.05, 0) is 29.9 Å². The van der Waals surface area contributed by atoms with E-state index >= 15 is 0 Å². The molecule has 2 N–H and O–H groups in total. The van der Waals surface area contributed by atoms with E-state index in [9.17, 15) is 18.4 Å². The predicted octanol–water partition coefficient (Wildman–Crippen LogP) is 1.64. The smallest absolute Gasteiger partial charge is 0.313 e. The van der Waals surface area contributed by atoms with Crippen LogP contribution in [-0.4, -0.2) is 34.3 Å². The van der Waals surface area contributed by atoms with Gasteiger partial charge in [-0.2, -0.15) is 19.0 Å². The largest absolute Gasteiger partial charge is 0.333 e. The molecule has 11 heteroatoms. The molecule has 0 unspecified atom stereocenters. The molecule has 0 radical (unpaired) electrons. The zero-order valence-corrected chi connectivity index (χ0v) is 14.2. The molecule has 1 saturated carbocycles. The van der Waals surface area contributed by atoms with Gasteiger partial charge in [-0.1, -0.05) is 0 Å². The van der Waals surface area contributed by atoms with Crippen molar-refractivity contribution in [2.24, 2.45) is 0 Å². The first-order valence-electron chi connectivity index (χ1n) is 8.50. The minimum absolute atomic E-state index is 0.0390. The second-order valence-electron chi connectivity index (χ2n) is 6.65. The summed E-state index contributed by atoms with van der Waals surface area (Å²) in [6.45, 7) is -2.68. The molecule has 2 atom stereocenters. The van der Waals surface area contributed by atoms with Crippen LogP contribution in [0, 0.1) is 0 Å². The quantitative estimate of drug-likeness (QED) is 0.554. The van der Waals surface area contributed by atoms with Gasteiger partial charge in [0, 0.05) is 30.4 Å². The van der Waals surface area contributed by atoms with Crippen molar-refractivity contribution in [3.05, 3.63) is 69.0 Å². The zero-order valence-electron chi connectivity index (χ0n) is 14.2. The molecular formula is C17H13F2N7O2. The Balaban J connectivity index is 1.57. The number of aromatic nitrogens is 7. The summed E-state index contributed by atoms with van der Waals surface area (Å²) in [5.74, 6) is 0.0842. The Morgan fingerprint density at radius 3 is 2.86 bits per heavy atom. The highest BCUT2D eigenvalue weighted by atomic mass is 19.3. The van der Waals surface area contributed by atoms with Crippen LogP contribution in [0.2, 0.25) is 0 Å². The van der Waals surface area contributed by atoms with Gasteiger partial charge >= 0.3 is 12.2 Å². The van der Waals surface area contributed by atoms with Crippen LogP contribution in [0.4, 0.5) is 8.78 Å². The number of hydrogen-bond acceptors (Lipinski definition) is 5. The average molecular weight is 385 g/mol. The third-order valence-electron chi connectivity index (χ3n) is 4.92. The fraction of sp³-hybridized carbons (Fsp3) is 0.235. The van der Waals surface area contributed by atoms with Crippen LogP contribution in [-0.2, 0) is 0 Å². The second-order valence-corrected chi connectivity index (χ2v) is 6.65. The molecule has 0 aliphatic heterocycles. The summed E-state index contributed by atoms with van der Waals surface area (Å²) in [4.78, 5) is 32.4. The molecule has 1 aliphatic carbocycles. The van der Waals surface area contributed by atoms with Crippen LogP contribution in [0.1, 0.15) is 35.9 Å². The Labute approximate surface area is 154 Å². The van der Waals surface area contributed by atoms with Crippen LogP contribution < -0.4 is 11.2 Å². The van der Waals surface area contributed by atoms with Gasteiger partial charge in [0.05, 0.1) is 17.5 Å². The SMILES string of the molecule is O=c1[nH]cc(-c2cc([C@H]3C[C@@H]3c3cnn(C(F)F)c3)c3nccn3n2)c(=O)[nH]1. The van der Waals surface area contributed by atoms with Crippen LogP contribution in [0.5, 0.6) is 0 Å². The number of H-pyrrole nitrogens is 2. The second kappa shape index (κ2) is 5.94. The molecule has 0 spiro atoms. The molecule has 0 aromatic carbocycles. The van der Waals surface area contributed by atoms with Crippen molar-refractivity contribution in [2.45, 2.75) is 24.8 Å². The Morgan fingerprint density at radius 2 is 2.11 bits per heavy atom. The molecule has 142 valence electrons. The lowest BCUT2D eigenvalue weighted by Gasteiger charge is -2.07. The number of nitrogens with one attached hydrogen (secondary N) is 2. The normalized spacial score (nSPS) is 18.8. The highest BCUT2D eigenvalue weighted by Crippen LogP contribution is 2.55. The molecular weight excluding hydrogens is 372 g/mol. The van der Waals surface area contributed by atoms with Gasteiger partial charge in [0.25, 0.3) is 5.56 Å². The van der Waals surface area contributed by atoms with E-state index < -0.39 is 17.8 Å². The van der Waals surface area contributed by atoms with Crippen molar-refractivity contribution in [3.8, 4) is 11.3 Å². The lowest BCUT2D eigenvalue weighted by atomic mass is 10.1. The number of imidazole rings is 1. The van der Waals surface area contributed by atoms with Gasteiger partial charge in [-0.25, -0.2) is 19.0 Å². The van der Waals surface area contributed by atoms with Crippen LogP contribution in [0.25, 0.3) is 16.9 Å². The first-order valence-corrected chi connectivity index (χ1v) is 8.50. The van der Waals surface area contributed by atoms with E-state index in [4.69, 9.17) is 0 Å². The summed E-state index contributed by atoms with van der Waals surface area (Å²) in [6, 6.07) is 1.76. The maximum absolute atomic E-state index is 12.8. The fourth-order valence-electron chi connectivity index (χ4n) is 3.50. The van der Waals surface area contributed by atoms with Gasteiger partial charge in [-0.15, -0.1) is 0 Å². The summed E-state index contributed by atoms with van der Waals surface area (Å²) in [7, 11) is 0. The van der Waals surface area contributed by atoms with Crippen molar-refractivity contribution in [1.29, 1.82) is 0 Å². The average Bonchev–Trinajstić information content (AvgIpc) is 3.07. The molecule has 9 nitrogen and oxygen atoms in total. The molecule has 0 amide bonds. The molecule has 4 aromatic rings. The summed E-state index contributed by atoms with van der Waals surface area (Å²) in [5, 5.41) is 8.09. The van der Waals surface area contributed by atoms with E-state index in [0.29, 0.717) is 16.0 Å². The van der Waals surface area contributed by atoms with Crippen molar-refractivity contribution < 1.29 is 8.78 Å². The van der Waals surface area contributed by atoms with E-state index in [2.05, 4.69) is 25.1 Å². The number of alkyl halides is 2. The molecule has 0 bridgehead atoms. The Morgan fingerprint density at radius 1 is 1.25 bits per heavy atom. The zero-order chi connectivity index (χ0) is 19.4. The van der Waals surface area contributed by atoms with E-state index in [1.54, 1.807) is 23.0 Å². The van der Waals surface area contributed by atoms with Crippen molar-refractivity contribution in [2.75, 3.05) is 0 Å². The summed E-state index contributed by atoms with van der Waals surface area (Å²) < 4.78 is 27.8. The van der Waals surface area contributed by atoms with E-state index in [-0.39, 0.29) is 17.4 Å². The number of halogens is 2. The maximum atomic E-state index is 12.8. The van der Waals surface area contributed by atoms with E-state index in [1.807, 2.05) is 0 Å². The lowest BCUT2D eigenvalue weighted by Crippen LogP contribution is -2.23. The third-order valence-corrected chi connectivity index (χ3v) is 4.92. The first-order chi connectivity index (χ1) is 13.5. The van der Waals surface area contributed by atoms with Gasteiger partial charge in [0.2, 0.25) is 0 Å². The van der Waals surface area contributed by atoms with Gasteiger partial charge in [0.15, 0.2) is 5.65 Å². The highest BCUT2D eigenvalue weighted by Gasteiger charge is 2.42. The van der Waals surface area contributed by atoms with Crippen molar-refractivity contribution >= 4 is 5.65 Å². The first kappa shape index (κ1) is 16.5. The summed E-state index contributed by atoms with van der Waals surface area (Å²) >= 11 is 0. The molecule has 4 aromatic heterocycles. The monoisotopic (exact) mass is 385 g/mol. The summed E-state index contributed by atoms with van der Waals surface area (Å²) in [5.41, 5.74) is 1.68. The molecule has 4 heterocycles. The number of nitrogens with zero attached hydrogens (tertiary/aromatic N) is 5. The third kappa shape index (κ3) is 2.63. The fourth-order valence-corrected chi connectivity index (χ4v) is 3.50. The van der Waals surface area contributed by atoms with E-state index in [1.165, 1.54) is 18.6 Å². The number of aromatic amines is 2. The van der Waals surface area contributed by atoms with Crippen LogP contribution in [0.3, 0.4) is 0 Å².